The highest BCUT2D eigenvalue weighted by atomic mass is 16.5. The number of hydrogen-bond donors (Lipinski definition) is 1. The molecule has 0 spiro atoms. The highest BCUT2D eigenvalue weighted by Crippen LogP contribution is 2.26. The molecular weight excluding hydrogens is 318 g/mol. The van der Waals surface area contributed by atoms with Crippen LogP contribution in [0.2, 0.25) is 0 Å². The minimum absolute atomic E-state index is 0.0656. The Labute approximate surface area is 146 Å². The lowest BCUT2D eigenvalue weighted by Gasteiger charge is -2.35. The van der Waals surface area contributed by atoms with Crippen LogP contribution >= 0.6 is 0 Å². The van der Waals surface area contributed by atoms with Crippen LogP contribution in [-0.4, -0.2) is 62.3 Å². The molecule has 0 bridgehead atoms. The minimum atomic E-state index is -0.0656. The van der Waals surface area contributed by atoms with Gasteiger partial charge in [-0.2, -0.15) is 9.78 Å². The fourth-order valence-electron chi connectivity index (χ4n) is 3.41. The average molecular weight is 341 g/mol. The second-order valence-corrected chi connectivity index (χ2v) is 6.27. The molecule has 3 heterocycles. The zero-order chi connectivity index (χ0) is 17.1. The van der Waals surface area contributed by atoms with Crippen molar-refractivity contribution in [1.82, 2.24) is 15.1 Å². The molecule has 7 nitrogen and oxygen atoms in total. The first-order valence-corrected chi connectivity index (χ1v) is 8.81. The smallest absolute Gasteiger partial charge is 0.297 e. The molecule has 7 heteroatoms. The van der Waals surface area contributed by atoms with Crippen molar-refractivity contribution in [3.8, 4) is 5.69 Å². The van der Waals surface area contributed by atoms with E-state index in [-0.39, 0.29) is 5.56 Å². The third-order valence-electron chi connectivity index (χ3n) is 4.72. The summed E-state index contributed by atoms with van der Waals surface area (Å²) >= 11 is 0. The standard InChI is InChI=1S/C18H23N5O2/c24-18-17(22-10-12-25-13-11-22)16(21-8-6-19-7-9-21)14-20-23(18)15-4-2-1-3-5-15/h1-5,14,19H,6-13H2. The summed E-state index contributed by atoms with van der Waals surface area (Å²) in [5, 5.41) is 7.82. The Morgan fingerprint density at radius 2 is 1.68 bits per heavy atom. The van der Waals surface area contributed by atoms with E-state index in [4.69, 9.17) is 4.74 Å². The molecule has 132 valence electrons. The normalized spacial score (nSPS) is 18.4. The van der Waals surface area contributed by atoms with Gasteiger partial charge in [-0.25, -0.2) is 0 Å². The van der Waals surface area contributed by atoms with E-state index in [2.05, 4.69) is 20.2 Å². The molecule has 0 aliphatic carbocycles. The van der Waals surface area contributed by atoms with Crippen LogP contribution in [0.5, 0.6) is 0 Å². The van der Waals surface area contributed by atoms with Crippen molar-refractivity contribution in [3.63, 3.8) is 0 Å². The summed E-state index contributed by atoms with van der Waals surface area (Å²) in [5.74, 6) is 0. The molecule has 0 amide bonds. The molecule has 4 rings (SSSR count). The highest BCUT2D eigenvalue weighted by Gasteiger charge is 2.24. The quantitative estimate of drug-likeness (QED) is 0.876. The van der Waals surface area contributed by atoms with Gasteiger partial charge in [-0.05, 0) is 12.1 Å². The summed E-state index contributed by atoms with van der Waals surface area (Å²) in [4.78, 5) is 17.7. The van der Waals surface area contributed by atoms with Crippen molar-refractivity contribution in [1.29, 1.82) is 0 Å². The number of nitrogens with zero attached hydrogens (tertiary/aromatic N) is 4. The van der Waals surface area contributed by atoms with Crippen molar-refractivity contribution in [2.24, 2.45) is 0 Å². The van der Waals surface area contributed by atoms with Gasteiger partial charge in [0.1, 0.15) is 5.69 Å². The van der Waals surface area contributed by atoms with E-state index in [9.17, 15) is 4.79 Å². The van der Waals surface area contributed by atoms with Gasteiger partial charge in [0.25, 0.3) is 5.56 Å². The number of piperazine rings is 1. The number of anilines is 2. The Morgan fingerprint density at radius 1 is 0.960 bits per heavy atom. The molecule has 0 unspecified atom stereocenters. The summed E-state index contributed by atoms with van der Waals surface area (Å²) in [5.41, 5.74) is 2.39. The van der Waals surface area contributed by atoms with Crippen LogP contribution in [0.15, 0.2) is 41.3 Å². The fourth-order valence-corrected chi connectivity index (χ4v) is 3.41. The molecule has 1 aromatic heterocycles. The number of benzene rings is 1. The lowest BCUT2D eigenvalue weighted by Crippen LogP contribution is -2.47. The lowest BCUT2D eigenvalue weighted by atomic mass is 10.2. The Hall–Kier alpha value is -2.38. The van der Waals surface area contributed by atoms with E-state index >= 15 is 0 Å². The van der Waals surface area contributed by atoms with Crippen molar-refractivity contribution >= 4 is 11.4 Å². The molecule has 2 aliphatic rings. The van der Waals surface area contributed by atoms with Crippen molar-refractivity contribution < 1.29 is 4.74 Å². The third kappa shape index (κ3) is 3.25. The molecule has 0 atom stereocenters. The monoisotopic (exact) mass is 341 g/mol. The van der Waals surface area contributed by atoms with Gasteiger partial charge in [0, 0.05) is 39.3 Å². The van der Waals surface area contributed by atoms with Crippen LogP contribution in [0.25, 0.3) is 5.69 Å². The Kier molecular flexibility index (Phi) is 4.67. The van der Waals surface area contributed by atoms with Gasteiger partial charge in [0.05, 0.1) is 30.8 Å². The second kappa shape index (κ2) is 7.25. The van der Waals surface area contributed by atoms with Gasteiger partial charge >= 0.3 is 0 Å². The zero-order valence-corrected chi connectivity index (χ0v) is 14.2. The molecule has 1 aromatic carbocycles. The van der Waals surface area contributed by atoms with Gasteiger partial charge in [0.2, 0.25) is 0 Å². The topological polar surface area (TPSA) is 62.6 Å². The van der Waals surface area contributed by atoms with E-state index in [0.29, 0.717) is 13.2 Å². The summed E-state index contributed by atoms with van der Waals surface area (Å²) in [6.07, 6.45) is 1.84. The first-order chi connectivity index (χ1) is 12.3. The number of morpholine rings is 1. The maximum atomic E-state index is 13.3. The third-order valence-corrected chi connectivity index (χ3v) is 4.72. The number of rotatable bonds is 3. The first-order valence-electron chi connectivity index (χ1n) is 8.81. The molecule has 2 aliphatic heterocycles. The predicted molar refractivity (Wildman–Crippen MR) is 97.9 cm³/mol. The number of ether oxygens (including phenoxy) is 1. The van der Waals surface area contributed by atoms with Crippen LogP contribution in [-0.2, 0) is 4.74 Å². The Bertz CT molecular complexity index is 765. The van der Waals surface area contributed by atoms with Gasteiger partial charge < -0.3 is 19.9 Å². The van der Waals surface area contributed by atoms with Crippen molar-refractivity contribution in [2.45, 2.75) is 0 Å². The highest BCUT2D eigenvalue weighted by molar-refractivity contribution is 5.70. The van der Waals surface area contributed by atoms with E-state index < -0.39 is 0 Å². The Balaban J connectivity index is 1.81. The van der Waals surface area contributed by atoms with Crippen LogP contribution in [0.1, 0.15) is 0 Å². The second-order valence-electron chi connectivity index (χ2n) is 6.27. The predicted octanol–water partition coefficient (Wildman–Crippen LogP) is 0.479. The summed E-state index contributed by atoms with van der Waals surface area (Å²) in [7, 11) is 0. The van der Waals surface area contributed by atoms with Crippen LogP contribution < -0.4 is 20.7 Å². The van der Waals surface area contributed by atoms with Gasteiger partial charge in [-0.15, -0.1) is 0 Å². The number of hydrogen-bond acceptors (Lipinski definition) is 6. The van der Waals surface area contributed by atoms with E-state index in [1.54, 1.807) is 0 Å². The summed E-state index contributed by atoms with van der Waals surface area (Å²) in [6, 6.07) is 9.58. The molecular formula is C18H23N5O2. The van der Waals surface area contributed by atoms with Gasteiger partial charge in [-0.1, -0.05) is 18.2 Å². The average Bonchev–Trinajstić information content (AvgIpc) is 2.70. The Morgan fingerprint density at radius 3 is 2.40 bits per heavy atom. The van der Waals surface area contributed by atoms with E-state index in [0.717, 1.165) is 56.3 Å². The van der Waals surface area contributed by atoms with Crippen LogP contribution in [0, 0.1) is 0 Å². The molecule has 0 radical (unpaired) electrons. The number of aromatic nitrogens is 2. The van der Waals surface area contributed by atoms with Crippen molar-refractivity contribution in [2.75, 3.05) is 62.3 Å². The van der Waals surface area contributed by atoms with Crippen LogP contribution in [0.4, 0.5) is 11.4 Å². The molecule has 0 saturated carbocycles. The summed E-state index contributed by atoms with van der Waals surface area (Å²) < 4.78 is 6.97. The molecule has 1 N–H and O–H groups in total. The maximum absolute atomic E-state index is 13.3. The lowest BCUT2D eigenvalue weighted by molar-refractivity contribution is 0.122. The summed E-state index contributed by atoms with van der Waals surface area (Å²) in [6.45, 7) is 6.36. The van der Waals surface area contributed by atoms with Crippen molar-refractivity contribution in [3.05, 3.63) is 46.9 Å². The molecule has 2 fully saturated rings. The molecule has 2 saturated heterocycles. The maximum Gasteiger partial charge on any atom is 0.297 e. The first kappa shape index (κ1) is 16.1. The van der Waals surface area contributed by atoms with E-state index in [1.807, 2.05) is 36.5 Å². The molecule has 2 aromatic rings. The van der Waals surface area contributed by atoms with E-state index in [1.165, 1.54) is 4.68 Å². The fraction of sp³-hybridized carbons (Fsp3) is 0.444. The minimum Gasteiger partial charge on any atom is -0.378 e. The number of nitrogens with one attached hydrogen (secondary N) is 1. The zero-order valence-electron chi connectivity index (χ0n) is 14.2. The number of para-hydroxylation sites is 1. The van der Waals surface area contributed by atoms with Gasteiger partial charge in [-0.3, -0.25) is 4.79 Å². The SMILES string of the molecule is O=c1c(N2CCOCC2)c(N2CCNCC2)cnn1-c1ccccc1. The van der Waals surface area contributed by atoms with Crippen LogP contribution in [0.3, 0.4) is 0 Å². The molecule has 25 heavy (non-hydrogen) atoms. The van der Waals surface area contributed by atoms with Gasteiger partial charge in [0.15, 0.2) is 0 Å². The largest absolute Gasteiger partial charge is 0.378 e.